The smallest absolute Gasteiger partial charge is 0.244 e. The van der Waals surface area contributed by atoms with E-state index >= 15 is 0 Å². The van der Waals surface area contributed by atoms with Gasteiger partial charge >= 0.3 is 0 Å². The van der Waals surface area contributed by atoms with Crippen LogP contribution in [0.15, 0.2) is 29.3 Å². The normalized spacial score (nSPS) is 17.6. The first-order valence-corrected chi connectivity index (χ1v) is 7.97. The second-order valence-electron chi connectivity index (χ2n) is 5.03. The largest absolute Gasteiger partial charge is 0.387 e. The van der Waals surface area contributed by atoms with Crippen molar-refractivity contribution < 1.29 is 14.7 Å². The summed E-state index contributed by atoms with van der Waals surface area (Å²) in [6.07, 6.45) is -0.718. The Labute approximate surface area is 133 Å². The molecule has 2 N–H and O–H groups in total. The molecule has 0 aromatic heterocycles. The lowest BCUT2D eigenvalue weighted by Crippen LogP contribution is -2.30. The van der Waals surface area contributed by atoms with Gasteiger partial charge in [-0.2, -0.15) is 4.99 Å². The molecular weight excluding hydrogens is 302 g/mol. The molecule has 1 fully saturated rings. The Kier molecular flexibility index (Phi) is 5.57. The molecule has 1 unspecified atom stereocenters. The number of rotatable bonds is 4. The first kappa shape index (κ1) is 16.5. The van der Waals surface area contributed by atoms with Crippen LogP contribution in [0.4, 0.5) is 5.69 Å². The molecule has 22 heavy (non-hydrogen) atoms. The van der Waals surface area contributed by atoms with Crippen LogP contribution in [0.25, 0.3) is 0 Å². The number of amides is 2. The summed E-state index contributed by atoms with van der Waals surface area (Å²) in [5.41, 5.74) is 1.36. The lowest BCUT2D eigenvalue weighted by molar-refractivity contribution is -0.116. The number of thioether (sulfide) groups is 1. The molecule has 0 aliphatic carbocycles. The van der Waals surface area contributed by atoms with Crippen LogP contribution in [0.3, 0.4) is 0 Å². The van der Waals surface area contributed by atoms with Gasteiger partial charge in [0, 0.05) is 31.8 Å². The fourth-order valence-electron chi connectivity index (χ4n) is 2.18. The van der Waals surface area contributed by atoms with Crippen LogP contribution in [0.1, 0.15) is 25.5 Å². The molecule has 1 aliphatic rings. The third-order valence-electron chi connectivity index (χ3n) is 3.10. The maximum Gasteiger partial charge on any atom is 0.244 e. The van der Waals surface area contributed by atoms with Crippen LogP contribution in [-0.4, -0.2) is 45.8 Å². The molecule has 1 heterocycles. The molecule has 0 spiro atoms. The van der Waals surface area contributed by atoms with Gasteiger partial charge in [0.2, 0.25) is 11.8 Å². The van der Waals surface area contributed by atoms with Gasteiger partial charge in [-0.1, -0.05) is 23.9 Å². The van der Waals surface area contributed by atoms with Crippen molar-refractivity contribution in [1.29, 1.82) is 0 Å². The molecule has 1 atom stereocenters. The molecular formula is C15H19N3O3S. The Morgan fingerprint density at radius 2 is 2.23 bits per heavy atom. The number of hydrogen-bond donors (Lipinski definition) is 2. The minimum Gasteiger partial charge on any atom is -0.387 e. The fraction of sp³-hybridized carbons (Fsp3) is 0.400. The average Bonchev–Trinajstić information content (AvgIpc) is 2.84. The van der Waals surface area contributed by atoms with E-state index in [1.54, 1.807) is 24.3 Å². The van der Waals surface area contributed by atoms with Gasteiger partial charge in [0.25, 0.3) is 0 Å². The van der Waals surface area contributed by atoms with Crippen molar-refractivity contribution in [2.24, 2.45) is 4.99 Å². The maximum atomic E-state index is 11.1. The summed E-state index contributed by atoms with van der Waals surface area (Å²) < 4.78 is 0. The summed E-state index contributed by atoms with van der Waals surface area (Å²) in [6.45, 7) is 3.97. The Morgan fingerprint density at radius 1 is 1.45 bits per heavy atom. The SMILES string of the molecule is CC(=O)N=C1SCCN1CC(O)c1cccc(NC(C)=O)c1. The zero-order valence-corrected chi connectivity index (χ0v) is 13.4. The van der Waals surface area contributed by atoms with Crippen LogP contribution in [0.5, 0.6) is 0 Å². The predicted molar refractivity (Wildman–Crippen MR) is 87.9 cm³/mol. The van der Waals surface area contributed by atoms with Crippen LogP contribution < -0.4 is 5.32 Å². The second-order valence-corrected chi connectivity index (χ2v) is 6.09. The highest BCUT2D eigenvalue weighted by Gasteiger charge is 2.23. The highest BCUT2D eigenvalue weighted by Crippen LogP contribution is 2.23. The van der Waals surface area contributed by atoms with Gasteiger partial charge in [-0.15, -0.1) is 0 Å². The summed E-state index contributed by atoms with van der Waals surface area (Å²) >= 11 is 1.51. The second kappa shape index (κ2) is 7.42. The Hall–Kier alpha value is -1.86. The van der Waals surface area contributed by atoms with Crippen molar-refractivity contribution in [3.05, 3.63) is 29.8 Å². The van der Waals surface area contributed by atoms with E-state index in [0.717, 1.165) is 12.3 Å². The van der Waals surface area contributed by atoms with E-state index in [-0.39, 0.29) is 11.8 Å². The number of benzene rings is 1. The number of aliphatic hydroxyl groups is 1. The van der Waals surface area contributed by atoms with Crippen molar-refractivity contribution in [3.8, 4) is 0 Å². The van der Waals surface area contributed by atoms with Gasteiger partial charge < -0.3 is 15.3 Å². The zero-order chi connectivity index (χ0) is 16.1. The Balaban J connectivity index is 2.07. The third-order valence-corrected chi connectivity index (χ3v) is 4.10. The summed E-state index contributed by atoms with van der Waals surface area (Å²) in [5.74, 6) is 0.458. The minimum atomic E-state index is -0.718. The zero-order valence-electron chi connectivity index (χ0n) is 12.6. The Morgan fingerprint density at radius 3 is 2.91 bits per heavy atom. The quantitative estimate of drug-likeness (QED) is 0.881. The Bertz CT molecular complexity index is 603. The monoisotopic (exact) mass is 321 g/mol. The highest BCUT2D eigenvalue weighted by atomic mass is 32.2. The lowest BCUT2D eigenvalue weighted by Gasteiger charge is -2.22. The number of carbonyl (C=O) groups is 2. The molecule has 1 aliphatic heterocycles. The molecule has 0 radical (unpaired) electrons. The van der Waals surface area contributed by atoms with Crippen molar-refractivity contribution >= 4 is 34.4 Å². The van der Waals surface area contributed by atoms with E-state index in [0.29, 0.717) is 23.0 Å². The van der Waals surface area contributed by atoms with E-state index in [1.165, 1.54) is 25.6 Å². The first-order valence-electron chi connectivity index (χ1n) is 6.98. The summed E-state index contributed by atoms with van der Waals surface area (Å²) in [4.78, 5) is 28.1. The van der Waals surface area contributed by atoms with Crippen LogP contribution in [-0.2, 0) is 9.59 Å². The maximum absolute atomic E-state index is 11.1. The van der Waals surface area contributed by atoms with Crippen molar-refractivity contribution in [1.82, 2.24) is 4.90 Å². The summed E-state index contributed by atoms with van der Waals surface area (Å²) in [7, 11) is 0. The number of aliphatic imine (C=N–C) groups is 1. The van der Waals surface area contributed by atoms with Crippen molar-refractivity contribution in [3.63, 3.8) is 0 Å². The van der Waals surface area contributed by atoms with Gasteiger partial charge in [-0.25, -0.2) is 0 Å². The number of hydrogen-bond acceptors (Lipinski definition) is 4. The molecule has 1 aromatic rings. The fourth-order valence-corrected chi connectivity index (χ4v) is 3.22. The van der Waals surface area contributed by atoms with Gasteiger partial charge in [0.1, 0.15) is 0 Å². The molecule has 7 heteroatoms. The number of nitrogens with one attached hydrogen (secondary N) is 1. The number of nitrogens with zero attached hydrogens (tertiary/aromatic N) is 2. The number of anilines is 1. The molecule has 1 aromatic carbocycles. The summed E-state index contributed by atoms with van der Waals surface area (Å²) in [5, 5.41) is 13.7. The van der Waals surface area contributed by atoms with Gasteiger partial charge in [-0.05, 0) is 17.7 Å². The number of amidine groups is 1. The molecule has 6 nitrogen and oxygen atoms in total. The van der Waals surface area contributed by atoms with Gasteiger partial charge in [0.05, 0.1) is 12.6 Å². The standard InChI is InChI=1S/C15H19N3O3S/c1-10(19)16-13-5-3-4-12(8-13)14(21)9-18-6-7-22-15(18)17-11(2)20/h3-5,8,14,21H,6-7,9H2,1-2H3,(H,16,19). The minimum absolute atomic E-state index is 0.154. The highest BCUT2D eigenvalue weighted by molar-refractivity contribution is 8.14. The van der Waals surface area contributed by atoms with Gasteiger partial charge in [-0.3, -0.25) is 9.59 Å². The lowest BCUT2D eigenvalue weighted by atomic mass is 10.1. The van der Waals surface area contributed by atoms with E-state index in [1.807, 2.05) is 4.90 Å². The first-order chi connectivity index (χ1) is 10.5. The molecule has 118 valence electrons. The van der Waals surface area contributed by atoms with Crippen LogP contribution in [0, 0.1) is 0 Å². The van der Waals surface area contributed by atoms with Crippen molar-refractivity contribution in [2.75, 3.05) is 24.2 Å². The van der Waals surface area contributed by atoms with Crippen molar-refractivity contribution in [2.45, 2.75) is 20.0 Å². The van der Waals surface area contributed by atoms with Crippen LogP contribution in [0.2, 0.25) is 0 Å². The molecule has 0 saturated carbocycles. The predicted octanol–water partition coefficient (Wildman–Crippen LogP) is 1.63. The molecule has 2 rings (SSSR count). The van der Waals surface area contributed by atoms with Crippen LogP contribution >= 0.6 is 11.8 Å². The number of β-amino-alcohol motifs (C(OH)–C–C–N with tert-alkyl or cyclic N) is 1. The topological polar surface area (TPSA) is 82.0 Å². The van der Waals surface area contributed by atoms with E-state index in [4.69, 9.17) is 0 Å². The number of aliphatic hydroxyl groups excluding tert-OH is 1. The molecule has 2 amide bonds. The summed E-state index contributed by atoms with van der Waals surface area (Å²) in [6, 6.07) is 7.11. The third kappa shape index (κ3) is 4.57. The van der Waals surface area contributed by atoms with E-state index in [2.05, 4.69) is 10.3 Å². The van der Waals surface area contributed by atoms with E-state index in [9.17, 15) is 14.7 Å². The van der Waals surface area contributed by atoms with Gasteiger partial charge in [0.15, 0.2) is 5.17 Å². The molecule has 1 saturated heterocycles. The molecule has 0 bridgehead atoms. The van der Waals surface area contributed by atoms with E-state index < -0.39 is 6.10 Å². The number of carbonyl (C=O) groups excluding carboxylic acids is 2. The average molecular weight is 321 g/mol.